The molecule has 0 spiro atoms. The second-order valence-electron chi connectivity index (χ2n) is 5.81. The highest BCUT2D eigenvalue weighted by molar-refractivity contribution is 5.95. The van der Waals surface area contributed by atoms with E-state index in [0.717, 1.165) is 11.3 Å². The number of nitrogens with zero attached hydrogens (tertiary/aromatic N) is 1. The molecule has 0 aliphatic rings. The molecule has 1 atom stereocenters. The minimum absolute atomic E-state index is 0.111. The zero-order chi connectivity index (χ0) is 18.4. The van der Waals surface area contributed by atoms with E-state index in [0.29, 0.717) is 17.1 Å². The summed E-state index contributed by atoms with van der Waals surface area (Å²) in [6, 6.07) is 12.5. The number of nitrogens with one attached hydrogen (secondary N) is 1. The number of rotatable bonds is 7. The lowest BCUT2D eigenvalue weighted by molar-refractivity contribution is 0.0915. The summed E-state index contributed by atoms with van der Waals surface area (Å²) in [5.41, 5.74) is 2.20. The lowest BCUT2D eigenvalue weighted by Gasteiger charge is -2.16. The Morgan fingerprint density at radius 2 is 1.64 bits per heavy atom. The fourth-order valence-electron chi connectivity index (χ4n) is 2.34. The van der Waals surface area contributed by atoms with Gasteiger partial charge < -0.3 is 24.8 Å². The van der Waals surface area contributed by atoms with Crippen molar-refractivity contribution < 1.29 is 19.4 Å². The van der Waals surface area contributed by atoms with Crippen LogP contribution in [0.1, 0.15) is 22.0 Å². The summed E-state index contributed by atoms with van der Waals surface area (Å²) < 4.78 is 10.3. The summed E-state index contributed by atoms with van der Waals surface area (Å²) in [5.74, 6) is 0.759. The van der Waals surface area contributed by atoms with Gasteiger partial charge in [-0.15, -0.1) is 0 Å². The van der Waals surface area contributed by atoms with E-state index < -0.39 is 6.10 Å². The van der Waals surface area contributed by atoms with E-state index in [2.05, 4.69) is 5.32 Å². The number of carbonyl (C=O) groups is 1. The third-order valence-corrected chi connectivity index (χ3v) is 3.86. The molecule has 2 aromatic carbocycles. The highest BCUT2D eigenvalue weighted by Crippen LogP contribution is 2.23. The molecule has 1 unspecified atom stereocenters. The molecule has 134 valence electrons. The predicted octanol–water partition coefficient (Wildman–Crippen LogP) is 2.23. The van der Waals surface area contributed by atoms with Crippen molar-refractivity contribution >= 4 is 11.6 Å². The number of methoxy groups -OCH3 is 2. The number of hydrogen-bond acceptors (Lipinski definition) is 5. The van der Waals surface area contributed by atoms with Gasteiger partial charge in [-0.3, -0.25) is 4.79 Å². The molecule has 2 N–H and O–H groups in total. The van der Waals surface area contributed by atoms with E-state index in [1.165, 1.54) is 14.2 Å². The number of aliphatic hydroxyl groups excluding tert-OH is 1. The average Bonchev–Trinajstić information content (AvgIpc) is 2.65. The van der Waals surface area contributed by atoms with Crippen molar-refractivity contribution in [1.29, 1.82) is 0 Å². The van der Waals surface area contributed by atoms with Gasteiger partial charge in [-0.1, -0.05) is 12.1 Å². The van der Waals surface area contributed by atoms with Crippen LogP contribution in [0, 0.1) is 0 Å². The maximum absolute atomic E-state index is 12.3. The highest BCUT2D eigenvalue weighted by Gasteiger charge is 2.13. The van der Waals surface area contributed by atoms with E-state index >= 15 is 0 Å². The Kier molecular flexibility index (Phi) is 6.25. The lowest BCUT2D eigenvalue weighted by Crippen LogP contribution is -2.28. The molecule has 25 heavy (non-hydrogen) atoms. The number of ether oxygens (including phenoxy) is 2. The molecule has 0 bridgehead atoms. The number of carbonyl (C=O) groups excluding carboxylic acids is 1. The Bertz CT molecular complexity index is 692. The van der Waals surface area contributed by atoms with Gasteiger partial charge in [0, 0.05) is 38.0 Å². The van der Waals surface area contributed by atoms with Crippen molar-refractivity contribution in [2.24, 2.45) is 0 Å². The van der Waals surface area contributed by atoms with Crippen LogP contribution in [-0.4, -0.2) is 45.9 Å². The summed E-state index contributed by atoms with van der Waals surface area (Å²) in [4.78, 5) is 14.3. The largest absolute Gasteiger partial charge is 0.497 e. The Morgan fingerprint density at radius 3 is 2.12 bits per heavy atom. The van der Waals surface area contributed by atoms with Gasteiger partial charge >= 0.3 is 0 Å². The van der Waals surface area contributed by atoms with E-state index in [1.54, 1.807) is 18.2 Å². The van der Waals surface area contributed by atoms with Crippen LogP contribution in [0.4, 0.5) is 5.69 Å². The molecule has 0 fully saturated rings. The van der Waals surface area contributed by atoms with Gasteiger partial charge in [0.25, 0.3) is 5.91 Å². The van der Waals surface area contributed by atoms with Gasteiger partial charge in [-0.2, -0.15) is 0 Å². The SMILES string of the molecule is COc1cc(OC)cc(C(=O)NCC(O)c2ccc(N(C)C)cc2)c1. The minimum Gasteiger partial charge on any atom is -0.497 e. The number of aliphatic hydroxyl groups is 1. The Balaban J connectivity index is 2.01. The summed E-state index contributed by atoms with van der Waals surface area (Å²) in [6.45, 7) is 0.111. The van der Waals surface area contributed by atoms with Crippen LogP contribution >= 0.6 is 0 Å². The van der Waals surface area contributed by atoms with Crippen molar-refractivity contribution in [3.05, 3.63) is 53.6 Å². The van der Waals surface area contributed by atoms with Crippen LogP contribution in [0.2, 0.25) is 0 Å². The third kappa shape index (κ3) is 4.87. The summed E-state index contributed by atoms with van der Waals surface area (Å²) in [5, 5.41) is 13.0. The molecule has 0 aliphatic carbocycles. The first-order valence-corrected chi connectivity index (χ1v) is 7.91. The van der Waals surface area contributed by atoms with Gasteiger partial charge in [0.15, 0.2) is 0 Å². The number of anilines is 1. The average molecular weight is 344 g/mol. The number of hydrogen-bond donors (Lipinski definition) is 2. The summed E-state index contributed by atoms with van der Waals surface area (Å²) in [6.07, 6.45) is -0.785. The normalized spacial score (nSPS) is 11.6. The van der Waals surface area contributed by atoms with Gasteiger partial charge in [0.05, 0.1) is 20.3 Å². The molecule has 0 heterocycles. The maximum Gasteiger partial charge on any atom is 0.251 e. The van der Waals surface area contributed by atoms with Crippen molar-refractivity contribution in [2.75, 3.05) is 39.8 Å². The molecule has 0 saturated heterocycles. The molecule has 0 aliphatic heterocycles. The van der Waals surface area contributed by atoms with E-state index in [-0.39, 0.29) is 12.5 Å². The van der Waals surface area contributed by atoms with E-state index in [9.17, 15) is 9.90 Å². The summed E-state index contributed by atoms with van der Waals surface area (Å²) >= 11 is 0. The van der Waals surface area contributed by atoms with Crippen molar-refractivity contribution in [1.82, 2.24) is 5.32 Å². The van der Waals surface area contributed by atoms with Gasteiger partial charge in [-0.05, 0) is 29.8 Å². The first-order chi connectivity index (χ1) is 11.9. The van der Waals surface area contributed by atoms with Crippen LogP contribution in [0.3, 0.4) is 0 Å². The number of benzene rings is 2. The Hall–Kier alpha value is -2.73. The first kappa shape index (κ1) is 18.6. The zero-order valence-corrected chi connectivity index (χ0v) is 14.9. The predicted molar refractivity (Wildman–Crippen MR) is 97.6 cm³/mol. The quantitative estimate of drug-likeness (QED) is 0.806. The van der Waals surface area contributed by atoms with Gasteiger partial charge in [0.2, 0.25) is 0 Å². The molecular weight excluding hydrogens is 320 g/mol. The van der Waals surface area contributed by atoms with Gasteiger partial charge in [-0.25, -0.2) is 0 Å². The minimum atomic E-state index is -0.785. The van der Waals surface area contributed by atoms with Crippen molar-refractivity contribution in [3.63, 3.8) is 0 Å². The Labute approximate surface area is 148 Å². The van der Waals surface area contributed by atoms with Crippen molar-refractivity contribution in [3.8, 4) is 11.5 Å². The molecule has 6 nitrogen and oxygen atoms in total. The molecule has 0 radical (unpaired) electrons. The molecular formula is C19H24N2O4. The molecule has 0 saturated carbocycles. The smallest absolute Gasteiger partial charge is 0.251 e. The maximum atomic E-state index is 12.3. The lowest BCUT2D eigenvalue weighted by atomic mass is 10.1. The van der Waals surface area contributed by atoms with Crippen LogP contribution in [0.25, 0.3) is 0 Å². The fourth-order valence-corrected chi connectivity index (χ4v) is 2.34. The van der Waals surface area contributed by atoms with Crippen LogP contribution in [-0.2, 0) is 0 Å². The van der Waals surface area contributed by atoms with Crippen LogP contribution in [0.15, 0.2) is 42.5 Å². The standard InChI is InChI=1S/C19H24N2O4/c1-21(2)15-7-5-13(6-8-15)18(22)12-20-19(23)14-9-16(24-3)11-17(10-14)25-4/h5-11,18,22H,12H2,1-4H3,(H,20,23). The van der Waals surface area contributed by atoms with E-state index in [1.807, 2.05) is 43.3 Å². The van der Waals surface area contributed by atoms with Crippen LogP contribution in [0.5, 0.6) is 11.5 Å². The second kappa shape index (κ2) is 8.39. The Morgan fingerprint density at radius 1 is 1.08 bits per heavy atom. The van der Waals surface area contributed by atoms with Crippen molar-refractivity contribution in [2.45, 2.75) is 6.10 Å². The third-order valence-electron chi connectivity index (χ3n) is 3.86. The zero-order valence-electron chi connectivity index (χ0n) is 14.9. The number of amides is 1. The van der Waals surface area contributed by atoms with E-state index in [4.69, 9.17) is 9.47 Å². The molecule has 1 amide bonds. The second-order valence-corrected chi connectivity index (χ2v) is 5.81. The van der Waals surface area contributed by atoms with Gasteiger partial charge in [0.1, 0.15) is 11.5 Å². The monoisotopic (exact) mass is 344 g/mol. The molecule has 2 aromatic rings. The first-order valence-electron chi connectivity index (χ1n) is 7.91. The fraction of sp³-hybridized carbons (Fsp3) is 0.316. The molecule has 2 rings (SSSR count). The molecule has 6 heteroatoms. The topological polar surface area (TPSA) is 71.0 Å². The highest BCUT2D eigenvalue weighted by atomic mass is 16.5. The van der Waals surface area contributed by atoms with Crippen LogP contribution < -0.4 is 19.7 Å². The summed E-state index contributed by atoms with van der Waals surface area (Å²) in [7, 11) is 6.96. The molecule has 0 aromatic heterocycles.